The number of aliphatic hydroxyl groups excluding tert-OH is 1. The zero-order valence-electron chi connectivity index (χ0n) is 6.07. The number of carboxylic acid groups (broad SMARTS) is 1. The van der Waals surface area contributed by atoms with Crippen molar-refractivity contribution in [1.29, 1.82) is 0 Å². The molecule has 4 heteroatoms. The molecule has 2 N–H and O–H groups in total. The van der Waals surface area contributed by atoms with Crippen LogP contribution in [0.25, 0.3) is 0 Å². The maximum Gasteiger partial charge on any atom is 0.300 e. The quantitative estimate of drug-likeness (QED) is 0.507. The third-order valence-electron chi connectivity index (χ3n) is 1.02. The number of epoxide rings is 1. The fourth-order valence-electron chi connectivity index (χ4n) is 0.422. The average Bonchev–Trinajstić information content (AvgIpc) is 2.45. The highest BCUT2D eigenvalue weighted by Crippen LogP contribution is 2.18. The highest BCUT2D eigenvalue weighted by molar-refractivity contribution is 5.62. The third kappa shape index (κ3) is 5.53. The fourth-order valence-corrected chi connectivity index (χ4v) is 0.422. The first kappa shape index (κ1) is 9.39. The molecular formula is C6H12O4. The Hall–Kier alpha value is -0.610. The second kappa shape index (κ2) is 4.24. The number of aliphatic hydroxyl groups is 1. The van der Waals surface area contributed by atoms with Crippen LogP contribution in [0.15, 0.2) is 0 Å². The van der Waals surface area contributed by atoms with Gasteiger partial charge in [0.15, 0.2) is 0 Å². The van der Waals surface area contributed by atoms with Gasteiger partial charge in [-0.25, -0.2) is 0 Å². The van der Waals surface area contributed by atoms with E-state index in [0.29, 0.717) is 6.10 Å². The van der Waals surface area contributed by atoms with Gasteiger partial charge in [0.1, 0.15) is 6.10 Å². The van der Waals surface area contributed by atoms with Gasteiger partial charge in [0.25, 0.3) is 5.97 Å². The zero-order chi connectivity index (χ0) is 8.15. The predicted molar refractivity (Wildman–Crippen MR) is 34.7 cm³/mol. The minimum Gasteiger partial charge on any atom is -0.481 e. The Kier molecular flexibility index (Phi) is 3.99. The molecule has 1 fully saturated rings. The van der Waals surface area contributed by atoms with Gasteiger partial charge in [0.05, 0.1) is 12.7 Å². The molecule has 0 aromatic carbocycles. The predicted octanol–water partition coefficient (Wildman–Crippen LogP) is -0.143. The summed E-state index contributed by atoms with van der Waals surface area (Å²) >= 11 is 0. The summed E-state index contributed by atoms with van der Waals surface area (Å²) < 4.78 is 4.82. The second-order valence-electron chi connectivity index (χ2n) is 2.08. The molecule has 2 atom stereocenters. The van der Waals surface area contributed by atoms with Crippen LogP contribution in [0.3, 0.4) is 0 Å². The molecule has 0 saturated carbocycles. The normalized spacial score (nSPS) is 28.3. The van der Waals surface area contributed by atoms with Crippen molar-refractivity contribution in [3.8, 4) is 0 Å². The van der Waals surface area contributed by atoms with Gasteiger partial charge in [-0.2, -0.15) is 0 Å². The van der Waals surface area contributed by atoms with Crippen LogP contribution in [0.5, 0.6) is 0 Å². The number of rotatable bonds is 1. The summed E-state index contributed by atoms with van der Waals surface area (Å²) in [5.74, 6) is -0.833. The number of aliphatic carboxylic acids is 1. The minimum atomic E-state index is -0.833. The van der Waals surface area contributed by atoms with E-state index in [1.807, 2.05) is 6.92 Å². The molecule has 1 rings (SSSR count). The van der Waals surface area contributed by atoms with E-state index in [4.69, 9.17) is 19.7 Å². The van der Waals surface area contributed by atoms with E-state index in [2.05, 4.69) is 0 Å². The summed E-state index contributed by atoms with van der Waals surface area (Å²) in [6, 6.07) is 0. The van der Waals surface area contributed by atoms with Gasteiger partial charge >= 0.3 is 0 Å². The zero-order valence-corrected chi connectivity index (χ0v) is 6.07. The second-order valence-corrected chi connectivity index (χ2v) is 2.08. The van der Waals surface area contributed by atoms with Gasteiger partial charge < -0.3 is 14.9 Å². The molecule has 1 aliphatic rings. The average molecular weight is 148 g/mol. The van der Waals surface area contributed by atoms with Gasteiger partial charge in [-0.1, -0.05) is 0 Å². The molecule has 1 saturated heterocycles. The van der Waals surface area contributed by atoms with Crippen molar-refractivity contribution in [2.24, 2.45) is 0 Å². The first-order valence-electron chi connectivity index (χ1n) is 3.03. The van der Waals surface area contributed by atoms with Crippen LogP contribution in [-0.4, -0.2) is 35.0 Å². The molecule has 0 radical (unpaired) electrons. The summed E-state index contributed by atoms with van der Waals surface area (Å²) in [7, 11) is 0. The maximum atomic E-state index is 9.00. The van der Waals surface area contributed by atoms with Crippen molar-refractivity contribution in [1.82, 2.24) is 0 Å². The van der Waals surface area contributed by atoms with Crippen LogP contribution in [0, 0.1) is 0 Å². The summed E-state index contributed by atoms with van der Waals surface area (Å²) in [5, 5.41) is 15.7. The molecule has 0 unspecified atom stereocenters. The number of hydrogen-bond donors (Lipinski definition) is 2. The summed E-state index contributed by atoms with van der Waals surface area (Å²) in [6.45, 7) is 3.21. The van der Waals surface area contributed by atoms with Crippen molar-refractivity contribution in [2.75, 3.05) is 6.61 Å². The Balaban J connectivity index is 0.000000180. The molecule has 60 valence electrons. The highest BCUT2D eigenvalue weighted by Gasteiger charge is 2.32. The largest absolute Gasteiger partial charge is 0.481 e. The first-order chi connectivity index (χ1) is 4.57. The molecule has 0 aromatic heterocycles. The molecule has 1 aliphatic heterocycles. The molecule has 0 aliphatic carbocycles. The lowest BCUT2D eigenvalue weighted by Gasteiger charge is -1.73. The topological polar surface area (TPSA) is 70.1 Å². The molecule has 0 aromatic rings. The lowest BCUT2D eigenvalue weighted by Crippen LogP contribution is -1.93. The highest BCUT2D eigenvalue weighted by atomic mass is 16.6. The van der Waals surface area contributed by atoms with E-state index in [1.54, 1.807) is 0 Å². The third-order valence-corrected chi connectivity index (χ3v) is 1.02. The van der Waals surface area contributed by atoms with Crippen molar-refractivity contribution in [3.63, 3.8) is 0 Å². The Morgan fingerprint density at radius 2 is 2.00 bits per heavy atom. The van der Waals surface area contributed by atoms with Crippen LogP contribution in [0.1, 0.15) is 13.8 Å². The van der Waals surface area contributed by atoms with E-state index in [1.165, 1.54) is 0 Å². The molecule has 1 heterocycles. The van der Waals surface area contributed by atoms with Crippen molar-refractivity contribution >= 4 is 5.97 Å². The smallest absolute Gasteiger partial charge is 0.300 e. The molecule has 0 spiro atoms. The molecule has 0 amide bonds. The molecule has 4 nitrogen and oxygen atoms in total. The van der Waals surface area contributed by atoms with Gasteiger partial charge in [-0.05, 0) is 6.92 Å². The Bertz CT molecular complexity index is 106. The minimum absolute atomic E-state index is 0.157. The number of carboxylic acids is 1. The Morgan fingerprint density at radius 1 is 1.70 bits per heavy atom. The van der Waals surface area contributed by atoms with E-state index in [9.17, 15) is 0 Å². The lowest BCUT2D eigenvalue weighted by atomic mass is 10.4. The van der Waals surface area contributed by atoms with Crippen molar-refractivity contribution < 1.29 is 19.7 Å². The van der Waals surface area contributed by atoms with Gasteiger partial charge in [0.2, 0.25) is 0 Å². The van der Waals surface area contributed by atoms with Crippen LogP contribution < -0.4 is 0 Å². The fraction of sp³-hybridized carbons (Fsp3) is 0.833. The Morgan fingerprint density at radius 3 is 2.00 bits per heavy atom. The SMILES string of the molecule is CC(=O)O.C[C@@H]1O[C@H]1CO. The Labute approximate surface area is 59.4 Å². The summed E-state index contributed by atoms with van der Waals surface area (Å²) in [4.78, 5) is 9.00. The van der Waals surface area contributed by atoms with Crippen LogP contribution in [0.4, 0.5) is 0 Å². The van der Waals surface area contributed by atoms with Crippen LogP contribution in [-0.2, 0) is 9.53 Å². The first-order valence-corrected chi connectivity index (χ1v) is 3.03. The number of ether oxygens (including phenoxy) is 1. The summed E-state index contributed by atoms with van der Waals surface area (Å²) in [5.41, 5.74) is 0. The van der Waals surface area contributed by atoms with E-state index in [0.717, 1.165) is 6.92 Å². The van der Waals surface area contributed by atoms with Crippen LogP contribution in [0.2, 0.25) is 0 Å². The molecule has 10 heavy (non-hydrogen) atoms. The summed E-state index contributed by atoms with van der Waals surface area (Å²) in [6.07, 6.45) is 0.472. The lowest BCUT2D eigenvalue weighted by molar-refractivity contribution is -0.134. The van der Waals surface area contributed by atoms with E-state index in [-0.39, 0.29) is 12.7 Å². The number of carbonyl (C=O) groups is 1. The van der Waals surface area contributed by atoms with Crippen molar-refractivity contribution in [2.45, 2.75) is 26.1 Å². The maximum absolute atomic E-state index is 9.00. The van der Waals surface area contributed by atoms with E-state index >= 15 is 0 Å². The van der Waals surface area contributed by atoms with Crippen LogP contribution >= 0.6 is 0 Å². The van der Waals surface area contributed by atoms with Gasteiger partial charge in [-0.15, -0.1) is 0 Å². The van der Waals surface area contributed by atoms with Crippen molar-refractivity contribution in [3.05, 3.63) is 0 Å². The van der Waals surface area contributed by atoms with E-state index < -0.39 is 5.97 Å². The molecule has 0 bridgehead atoms. The molecular weight excluding hydrogens is 136 g/mol. The standard InChI is InChI=1S/C4H8O2.C2H4O2/c1-3-4(2-5)6-3;1-2(3)4/h3-5H,2H2,1H3;1H3,(H,3,4)/t3-,4-;/m0./s1. The number of hydrogen-bond acceptors (Lipinski definition) is 3. The van der Waals surface area contributed by atoms with Gasteiger partial charge in [0, 0.05) is 6.92 Å². The van der Waals surface area contributed by atoms with Gasteiger partial charge in [-0.3, -0.25) is 4.79 Å². The monoisotopic (exact) mass is 148 g/mol.